The summed E-state index contributed by atoms with van der Waals surface area (Å²) in [5.41, 5.74) is 0.706. The molecule has 1 aliphatic rings. The summed E-state index contributed by atoms with van der Waals surface area (Å²) in [6, 6.07) is 5.25. The maximum Gasteiger partial charge on any atom is 0.261 e. The molecule has 0 unspecified atom stereocenters. The van der Waals surface area contributed by atoms with Crippen molar-refractivity contribution >= 4 is 22.5 Å². The molecule has 2 heterocycles. The van der Waals surface area contributed by atoms with Crippen molar-refractivity contribution in [3.63, 3.8) is 0 Å². The number of likely N-dealkylation sites (tertiary alicyclic amines) is 1. The van der Waals surface area contributed by atoms with Crippen molar-refractivity contribution in [1.29, 1.82) is 0 Å². The van der Waals surface area contributed by atoms with Crippen molar-refractivity contribution in [2.75, 3.05) is 19.6 Å². The number of piperidine rings is 1. The van der Waals surface area contributed by atoms with E-state index in [4.69, 9.17) is 11.6 Å². The Morgan fingerprint density at radius 2 is 2.09 bits per heavy atom. The Morgan fingerprint density at radius 1 is 1.32 bits per heavy atom. The first-order valence-corrected chi connectivity index (χ1v) is 8.42. The third-order valence-electron chi connectivity index (χ3n) is 4.72. The fourth-order valence-electron chi connectivity index (χ4n) is 3.20. The monoisotopic (exact) mass is 319 g/mol. The number of benzene rings is 1. The molecule has 118 valence electrons. The van der Waals surface area contributed by atoms with Crippen molar-refractivity contribution in [3.8, 4) is 0 Å². The van der Waals surface area contributed by atoms with E-state index in [0.717, 1.165) is 25.4 Å². The number of halogens is 1. The molecular weight excluding hydrogens is 298 g/mol. The van der Waals surface area contributed by atoms with Gasteiger partial charge in [-0.15, -0.1) is 0 Å². The van der Waals surface area contributed by atoms with Crippen LogP contribution in [0.4, 0.5) is 0 Å². The molecule has 4 nitrogen and oxygen atoms in total. The van der Waals surface area contributed by atoms with E-state index in [1.54, 1.807) is 29.1 Å². The minimum absolute atomic E-state index is 0.0349. The van der Waals surface area contributed by atoms with Crippen LogP contribution in [-0.4, -0.2) is 34.1 Å². The Kier molecular flexibility index (Phi) is 4.79. The Morgan fingerprint density at radius 3 is 2.82 bits per heavy atom. The lowest BCUT2D eigenvalue weighted by molar-refractivity contribution is 0.183. The van der Waals surface area contributed by atoms with Gasteiger partial charge in [0.1, 0.15) is 0 Å². The van der Waals surface area contributed by atoms with Crippen LogP contribution in [0.25, 0.3) is 10.9 Å². The predicted octanol–water partition coefficient (Wildman–Crippen LogP) is 3.17. The van der Waals surface area contributed by atoms with Gasteiger partial charge in [-0.2, -0.15) is 0 Å². The lowest BCUT2D eigenvalue weighted by Gasteiger charge is -2.31. The minimum atomic E-state index is 0.0349. The topological polar surface area (TPSA) is 38.1 Å². The number of aromatic nitrogens is 2. The zero-order valence-corrected chi connectivity index (χ0v) is 13.7. The molecule has 1 fully saturated rings. The normalized spacial score (nSPS) is 17.2. The summed E-state index contributed by atoms with van der Waals surface area (Å²) in [6.07, 6.45) is 5.18. The highest BCUT2D eigenvalue weighted by molar-refractivity contribution is 6.31. The van der Waals surface area contributed by atoms with Gasteiger partial charge < -0.3 is 4.90 Å². The van der Waals surface area contributed by atoms with Gasteiger partial charge in [0.05, 0.1) is 17.2 Å². The molecule has 3 rings (SSSR count). The molecule has 0 bridgehead atoms. The van der Waals surface area contributed by atoms with E-state index in [1.807, 2.05) is 0 Å². The molecule has 5 heteroatoms. The third-order valence-corrected chi connectivity index (χ3v) is 4.95. The molecule has 1 saturated heterocycles. The van der Waals surface area contributed by atoms with Gasteiger partial charge in [0.25, 0.3) is 5.56 Å². The van der Waals surface area contributed by atoms with Crippen LogP contribution >= 0.6 is 11.6 Å². The van der Waals surface area contributed by atoms with E-state index in [-0.39, 0.29) is 5.56 Å². The van der Waals surface area contributed by atoms with Gasteiger partial charge in [-0.25, -0.2) is 4.98 Å². The molecule has 1 aromatic carbocycles. The molecule has 0 aliphatic carbocycles. The zero-order chi connectivity index (χ0) is 15.5. The molecule has 0 spiro atoms. The van der Waals surface area contributed by atoms with Crippen LogP contribution in [-0.2, 0) is 6.54 Å². The van der Waals surface area contributed by atoms with Gasteiger partial charge in [-0.3, -0.25) is 9.36 Å². The van der Waals surface area contributed by atoms with E-state index in [1.165, 1.54) is 25.9 Å². The fourth-order valence-corrected chi connectivity index (χ4v) is 3.37. The van der Waals surface area contributed by atoms with E-state index in [2.05, 4.69) is 16.8 Å². The Bertz CT molecular complexity index is 705. The Labute approximate surface area is 135 Å². The van der Waals surface area contributed by atoms with Gasteiger partial charge in [0.15, 0.2) is 0 Å². The molecule has 0 amide bonds. The number of hydrogen-bond donors (Lipinski definition) is 0. The molecule has 0 radical (unpaired) electrons. The van der Waals surface area contributed by atoms with Crippen LogP contribution in [0, 0.1) is 5.92 Å². The maximum absolute atomic E-state index is 12.5. The van der Waals surface area contributed by atoms with E-state index in [0.29, 0.717) is 15.9 Å². The van der Waals surface area contributed by atoms with Gasteiger partial charge in [0, 0.05) is 11.6 Å². The number of fused-ring (bicyclic) bond motifs is 1. The van der Waals surface area contributed by atoms with Crippen molar-refractivity contribution in [2.45, 2.75) is 32.7 Å². The molecule has 0 N–H and O–H groups in total. The largest absolute Gasteiger partial charge is 0.304 e. The van der Waals surface area contributed by atoms with Gasteiger partial charge in [-0.1, -0.05) is 18.5 Å². The summed E-state index contributed by atoms with van der Waals surface area (Å²) >= 11 is 5.94. The average Bonchev–Trinajstić information content (AvgIpc) is 2.54. The van der Waals surface area contributed by atoms with E-state index >= 15 is 0 Å². The number of rotatable bonds is 4. The van der Waals surface area contributed by atoms with Crippen molar-refractivity contribution < 1.29 is 0 Å². The van der Waals surface area contributed by atoms with Crippen LogP contribution < -0.4 is 5.56 Å². The molecule has 2 aromatic rings. The molecule has 22 heavy (non-hydrogen) atoms. The molecule has 1 aliphatic heterocycles. The average molecular weight is 320 g/mol. The van der Waals surface area contributed by atoms with Crippen molar-refractivity contribution in [3.05, 3.63) is 39.9 Å². The zero-order valence-electron chi connectivity index (χ0n) is 13.0. The van der Waals surface area contributed by atoms with Crippen molar-refractivity contribution in [2.24, 2.45) is 5.92 Å². The lowest BCUT2D eigenvalue weighted by Crippen LogP contribution is -2.34. The molecule has 1 aromatic heterocycles. The van der Waals surface area contributed by atoms with E-state index < -0.39 is 0 Å². The smallest absolute Gasteiger partial charge is 0.261 e. The quantitative estimate of drug-likeness (QED) is 0.868. The second-order valence-electron chi connectivity index (χ2n) is 6.07. The van der Waals surface area contributed by atoms with Crippen LogP contribution in [0.1, 0.15) is 26.2 Å². The highest BCUT2D eigenvalue weighted by Crippen LogP contribution is 2.21. The second kappa shape index (κ2) is 6.80. The summed E-state index contributed by atoms with van der Waals surface area (Å²) in [6.45, 7) is 6.48. The number of aryl methyl sites for hydroxylation is 1. The fraction of sp³-hybridized carbons (Fsp3) is 0.529. The lowest BCUT2D eigenvalue weighted by atomic mass is 9.93. The number of hydrogen-bond acceptors (Lipinski definition) is 3. The number of nitrogens with zero attached hydrogens (tertiary/aromatic N) is 3. The first kappa shape index (κ1) is 15.5. The first-order valence-electron chi connectivity index (χ1n) is 8.04. The van der Waals surface area contributed by atoms with Crippen LogP contribution in [0.2, 0.25) is 5.02 Å². The van der Waals surface area contributed by atoms with Crippen molar-refractivity contribution in [1.82, 2.24) is 14.5 Å². The van der Waals surface area contributed by atoms with Gasteiger partial charge in [0.2, 0.25) is 0 Å². The highest BCUT2D eigenvalue weighted by Gasteiger charge is 2.18. The second-order valence-corrected chi connectivity index (χ2v) is 6.51. The summed E-state index contributed by atoms with van der Waals surface area (Å²) in [5.74, 6) is 0.718. The summed E-state index contributed by atoms with van der Waals surface area (Å²) < 4.78 is 1.74. The van der Waals surface area contributed by atoms with Gasteiger partial charge >= 0.3 is 0 Å². The Balaban J connectivity index is 1.68. The molecule has 0 atom stereocenters. The maximum atomic E-state index is 12.5. The highest BCUT2D eigenvalue weighted by atomic mass is 35.5. The summed E-state index contributed by atoms with van der Waals surface area (Å²) in [5, 5.41) is 1.26. The van der Waals surface area contributed by atoms with Crippen LogP contribution in [0.15, 0.2) is 29.3 Å². The standard InChI is InChI=1S/C17H22ClN3O/c1-2-20-8-5-13(6-9-20)7-10-21-12-19-16-11-14(18)3-4-15(16)17(21)22/h3-4,11-13H,2,5-10H2,1H3. The molecule has 0 saturated carbocycles. The van der Waals surface area contributed by atoms with Gasteiger partial charge in [-0.05, 0) is 63.0 Å². The van der Waals surface area contributed by atoms with Crippen LogP contribution in [0.3, 0.4) is 0 Å². The third kappa shape index (κ3) is 3.33. The van der Waals surface area contributed by atoms with E-state index in [9.17, 15) is 4.79 Å². The summed E-state index contributed by atoms with van der Waals surface area (Å²) in [7, 11) is 0. The predicted molar refractivity (Wildman–Crippen MR) is 90.5 cm³/mol. The minimum Gasteiger partial charge on any atom is -0.304 e. The SMILES string of the molecule is CCN1CCC(CCn2cnc3cc(Cl)ccc3c2=O)CC1. The Hall–Kier alpha value is -1.39. The summed E-state index contributed by atoms with van der Waals surface area (Å²) in [4.78, 5) is 19.3. The van der Waals surface area contributed by atoms with Crippen LogP contribution in [0.5, 0.6) is 0 Å². The molecular formula is C17H22ClN3O. The first-order chi connectivity index (χ1) is 10.7.